The molecule has 3 nitrogen and oxygen atoms in total. The number of hydrogen-bond donors (Lipinski definition) is 0. The zero-order valence-corrected chi connectivity index (χ0v) is 13.4. The summed E-state index contributed by atoms with van der Waals surface area (Å²) in [6.45, 7) is 2.38. The lowest BCUT2D eigenvalue weighted by Crippen LogP contribution is -2.35. The SMILES string of the molecule is O=C(CN1CCCCC1)OC(c1ccccc1)c1ccccc1. The van der Waals surface area contributed by atoms with Gasteiger partial charge in [-0.2, -0.15) is 0 Å². The molecule has 1 fully saturated rings. The fourth-order valence-corrected chi connectivity index (χ4v) is 3.05. The van der Waals surface area contributed by atoms with Crippen molar-refractivity contribution in [3.05, 3.63) is 71.8 Å². The van der Waals surface area contributed by atoms with Crippen molar-refractivity contribution in [2.75, 3.05) is 19.6 Å². The topological polar surface area (TPSA) is 29.5 Å². The summed E-state index contributed by atoms with van der Waals surface area (Å²) >= 11 is 0. The second-order valence-corrected chi connectivity index (χ2v) is 6.03. The minimum atomic E-state index is -0.338. The van der Waals surface area contributed by atoms with Crippen LogP contribution in [0.2, 0.25) is 0 Å². The maximum Gasteiger partial charge on any atom is 0.321 e. The summed E-state index contributed by atoms with van der Waals surface area (Å²) in [5.74, 6) is -0.149. The van der Waals surface area contributed by atoms with Crippen LogP contribution < -0.4 is 0 Å². The Morgan fingerprint density at radius 2 is 1.39 bits per heavy atom. The molecule has 0 saturated carbocycles. The number of likely N-dealkylation sites (tertiary alicyclic amines) is 1. The molecule has 0 atom stereocenters. The van der Waals surface area contributed by atoms with Gasteiger partial charge >= 0.3 is 5.97 Å². The average Bonchev–Trinajstić information content (AvgIpc) is 2.62. The molecule has 0 N–H and O–H groups in total. The van der Waals surface area contributed by atoms with Gasteiger partial charge in [0.1, 0.15) is 0 Å². The number of piperidine rings is 1. The average molecular weight is 309 g/mol. The van der Waals surface area contributed by atoms with Crippen molar-refractivity contribution in [3.8, 4) is 0 Å². The first-order valence-electron chi connectivity index (χ1n) is 8.34. The number of ether oxygens (including phenoxy) is 1. The van der Waals surface area contributed by atoms with E-state index in [2.05, 4.69) is 4.90 Å². The molecular formula is C20H23NO2. The predicted octanol–water partition coefficient (Wildman–Crippen LogP) is 3.81. The van der Waals surface area contributed by atoms with Gasteiger partial charge in [-0.1, -0.05) is 67.1 Å². The van der Waals surface area contributed by atoms with Crippen LogP contribution in [0.3, 0.4) is 0 Å². The van der Waals surface area contributed by atoms with Gasteiger partial charge < -0.3 is 4.74 Å². The van der Waals surface area contributed by atoms with Gasteiger partial charge in [0.25, 0.3) is 0 Å². The van der Waals surface area contributed by atoms with Gasteiger partial charge in [0.2, 0.25) is 0 Å². The smallest absolute Gasteiger partial charge is 0.321 e. The maximum absolute atomic E-state index is 12.4. The van der Waals surface area contributed by atoms with E-state index in [9.17, 15) is 4.79 Å². The summed E-state index contributed by atoms with van der Waals surface area (Å²) in [5.41, 5.74) is 2.01. The fraction of sp³-hybridized carbons (Fsp3) is 0.350. The van der Waals surface area contributed by atoms with E-state index in [1.54, 1.807) is 0 Å². The third kappa shape index (κ3) is 4.42. The first-order valence-corrected chi connectivity index (χ1v) is 8.34. The summed E-state index contributed by atoms with van der Waals surface area (Å²) in [5, 5.41) is 0. The molecular weight excluding hydrogens is 286 g/mol. The molecule has 120 valence electrons. The Kier molecular flexibility index (Phi) is 5.43. The maximum atomic E-state index is 12.4. The number of esters is 1. The van der Waals surface area contributed by atoms with Crippen molar-refractivity contribution in [2.24, 2.45) is 0 Å². The molecule has 1 saturated heterocycles. The first-order chi connectivity index (χ1) is 11.3. The molecule has 2 aromatic rings. The second-order valence-electron chi connectivity index (χ2n) is 6.03. The van der Waals surface area contributed by atoms with Crippen molar-refractivity contribution in [3.63, 3.8) is 0 Å². The molecule has 0 spiro atoms. The third-order valence-corrected chi connectivity index (χ3v) is 4.26. The fourth-order valence-electron chi connectivity index (χ4n) is 3.05. The molecule has 0 aliphatic carbocycles. The molecule has 3 heteroatoms. The summed E-state index contributed by atoms with van der Waals surface area (Å²) < 4.78 is 5.84. The quantitative estimate of drug-likeness (QED) is 0.787. The Morgan fingerprint density at radius 3 is 1.91 bits per heavy atom. The van der Waals surface area contributed by atoms with Crippen molar-refractivity contribution in [1.82, 2.24) is 4.90 Å². The lowest BCUT2D eigenvalue weighted by molar-refractivity contribution is -0.149. The summed E-state index contributed by atoms with van der Waals surface area (Å²) in [7, 11) is 0. The van der Waals surface area contributed by atoms with Crippen LogP contribution in [-0.2, 0) is 9.53 Å². The second kappa shape index (κ2) is 7.93. The van der Waals surface area contributed by atoms with Crippen LogP contribution in [-0.4, -0.2) is 30.5 Å². The lowest BCUT2D eigenvalue weighted by Gasteiger charge is -2.26. The number of rotatable bonds is 5. The van der Waals surface area contributed by atoms with Crippen molar-refractivity contribution >= 4 is 5.97 Å². The molecule has 1 aliphatic heterocycles. The highest BCUT2D eigenvalue weighted by Crippen LogP contribution is 2.26. The Balaban J connectivity index is 1.72. The molecule has 0 amide bonds. The predicted molar refractivity (Wildman–Crippen MR) is 91.1 cm³/mol. The standard InChI is InChI=1S/C20H23NO2/c22-19(16-21-14-8-3-9-15-21)23-20(17-10-4-1-5-11-17)18-12-6-2-7-13-18/h1-2,4-7,10-13,20H,3,8-9,14-16H2. The van der Waals surface area contributed by atoms with Gasteiger partial charge in [-0.3, -0.25) is 9.69 Å². The van der Waals surface area contributed by atoms with Gasteiger partial charge in [-0.05, 0) is 37.1 Å². The van der Waals surface area contributed by atoms with Gasteiger partial charge in [0.15, 0.2) is 6.10 Å². The molecule has 1 heterocycles. The van der Waals surface area contributed by atoms with E-state index in [1.807, 2.05) is 60.7 Å². The lowest BCUT2D eigenvalue weighted by atomic mass is 10.0. The number of carbonyl (C=O) groups is 1. The zero-order chi connectivity index (χ0) is 15.9. The van der Waals surface area contributed by atoms with Crippen LogP contribution in [0.15, 0.2) is 60.7 Å². The van der Waals surface area contributed by atoms with Crippen LogP contribution in [0.25, 0.3) is 0 Å². The molecule has 0 bridgehead atoms. The highest BCUT2D eigenvalue weighted by atomic mass is 16.5. The van der Waals surface area contributed by atoms with Crippen molar-refractivity contribution < 1.29 is 9.53 Å². The molecule has 0 unspecified atom stereocenters. The Bertz CT molecular complexity index is 567. The Morgan fingerprint density at radius 1 is 0.870 bits per heavy atom. The molecule has 0 radical (unpaired) electrons. The van der Waals surface area contributed by atoms with E-state index < -0.39 is 0 Å². The summed E-state index contributed by atoms with van der Waals surface area (Å²) in [4.78, 5) is 14.6. The van der Waals surface area contributed by atoms with Crippen molar-refractivity contribution in [1.29, 1.82) is 0 Å². The molecule has 2 aromatic carbocycles. The monoisotopic (exact) mass is 309 g/mol. The summed E-state index contributed by atoms with van der Waals surface area (Å²) in [6, 6.07) is 19.9. The minimum absolute atomic E-state index is 0.149. The zero-order valence-electron chi connectivity index (χ0n) is 13.4. The minimum Gasteiger partial charge on any atom is -0.452 e. The van der Waals surface area contributed by atoms with E-state index >= 15 is 0 Å². The van der Waals surface area contributed by atoms with Crippen LogP contribution >= 0.6 is 0 Å². The summed E-state index contributed by atoms with van der Waals surface area (Å²) in [6.07, 6.45) is 3.28. The van der Waals surface area contributed by atoms with Gasteiger partial charge in [-0.15, -0.1) is 0 Å². The van der Waals surface area contributed by atoms with E-state index in [0.717, 1.165) is 24.2 Å². The largest absolute Gasteiger partial charge is 0.452 e. The number of carbonyl (C=O) groups excluding carboxylic acids is 1. The van der Waals surface area contributed by atoms with Gasteiger partial charge in [0.05, 0.1) is 6.54 Å². The number of benzene rings is 2. The number of nitrogens with zero attached hydrogens (tertiary/aromatic N) is 1. The van der Waals surface area contributed by atoms with Crippen LogP contribution in [0.4, 0.5) is 0 Å². The molecule has 3 rings (SSSR count). The molecule has 23 heavy (non-hydrogen) atoms. The number of hydrogen-bond acceptors (Lipinski definition) is 3. The van der Waals surface area contributed by atoms with E-state index in [-0.39, 0.29) is 12.1 Å². The third-order valence-electron chi connectivity index (χ3n) is 4.26. The van der Waals surface area contributed by atoms with Crippen molar-refractivity contribution in [2.45, 2.75) is 25.4 Å². The molecule has 1 aliphatic rings. The van der Waals surface area contributed by atoms with Gasteiger partial charge in [-0.25, -0.2) is 0 Å². The Hall–Kier alpha value is -2.13. The van der Waals surface area contributed by atoms with Crippen LogP contribution in [0.5, 0.6) is 0 Å². The van der Waals surface area contributed by atoms with E-state index in [0.29, 0.717) is 6.54 Å². The highest BCUT2D eigenvalue weighted by Gasteiger charge is 2.21. The Labute approximate surface area is 137 Å². The van der Waals surface area contributed by atoms with Crippen LogP contribution in [0, 0.1) is 0 Å². The molecule has 0 aromatic heterocycles. The highest BCUT2D eigenvalue weighted by molar-refractivity contribution is 5.72. The normalized spacial score (nSPS) is 15.5. The van der Waals surface area contributed by atoms with E-state index in [4.69, 9.17) is 4.74 Å². The van der Waals surface area contributed by atoms with Crippen LogP contribution in [0.1, 0.15) is 36.5 Å². The first kappa shape index (κ1) is 15.8. The van der Waals surface area contributed by atoms with E-state index in [1.165, 1.54) is 19.3 Å². The van der Waals surface area contributed by atoms with Gasteiger partial charge in [0, 0.05) is 0 Å².